The van der Waals surface area contributed by atoms with Gasteiger partial charge in [0.2, 0.25) is 5.88 Å². The zero-order chi connectivity index (χ0) is 10.7. The molecule has 15 heavy (non-hydrogen) atoms. The van der Waals surface area contributed by atoms with E-state index in [1.807, 2.05) is 0 Å². The summed E-state index contributed by atoms with van der Waals surface area (Å²) < 4.78 is 0. The van der Waals surface area contributed by atoms with Crippen LogP contribution < -0.4 is 10.9 Å². The predicted octanol–water partition coefficient (Wildman–Crippen LogP) is 0.160. The highest BCUT2D eigenvalue weighted by atomic mass is 16.3. The summed E-state index contributed by atoms with van der Waals surface area (Å²) in [5.41, 5.74) is -0.298. The van der Waals surface area contributed by atoms with Crippen LogP contribution >= 0.6 is 0 Å². The predicted molar refractivity (Wildman–Crippen MR) is 55.9 cm³/mol. The van der Waals surface area contributed by atoms with Gasteiger partial charge in [-0.15, -0.1) is 0 Å². The molecular weight excluding hydrogens is 194 g/mol. The molecule has 5 nitrogen and oxygen atoms in total. The smallest absolute Gasteiger partial charge is 0.254 e. The minimum Gasteiger partial charge on any atom is -0.493 e. The first-order valence-corrected chi connectivity index (χ1v) is 5.26. The summed E-state index contributed by atoms with van der Waals surface area (Å²) >= 11 is 0. The maximum Gasteiger partial charge on any atom is 0.254 e. The maximum absolute atomic E-state index is 11.1. The average Bonchev–Trinajstić information content (AvgIpc) is 2.17. The summed E-state index contributed by atoms with van der Waals surface area (Å²) in [5, 5.41) is 12.5. The Hall–Kier alpha value is -1.36. The molecule has 0 spiro atoms. The number of aromatic nitrogens is 2. The van der Waals surface area contributed by atoms with Crippen LogP contribution in [0.4, 0.5) is 0 Å². The number of rotatable bonds is 2. The fourth-order valence-corrected chi connectivity index (χ4v) is 1.92. The second-order valence-electron chi connectivity index (χ2n) is 3.90. The molecule has 1 unspecified atom stereocenters. The molecule has 0 aromatic carbocycles. The molecule has 1 atom stereocenters. The van der Waals surface area contributed by atoms with E-state index in [4.69, 9.17) is 0 Å². The molecule has 0 aliphatic carbocycles. The zero-order valence-electron chi connectivity index (χ0n) is 8.49. The number of piperidine rings is 1. The third kappa shape index (κ3) is 2.79. The van der Waals surface area contributed by atoms with Gasteiger partial charge in [-0.05, 0) is 19.4 Å². The van der Waals surface area contributed by atoms with Crippen molar-refractivity contribution >= 4 is 0 Å². The lowest BCUT2D eigenvalue weighted by atomic mass is 10.0. The molecule has 1 aromatic rings. The second kappa shape index (κ2) is 4.44. The highest BCUT2D eigenvalue weighted by molar-refractivity contribution is 5.07. The van der Waals surface area contributed by atoms with Crippen LogP contribution in [-0.2, 0) is 6.42 Å². The van der Waals surface area contributed by atoms with E-state index in [0.29, 0.717) is 18.3 Å². The first-order valence-electron chi connectivity index (χ1n) is 5.26. The van der Waals surface area contributed by atoms with Gasteiger partial charge < -0.3 is 15.4 Å². The molecule has 1 aliphatic heterocycles. The molecule has 5 heteroatoms. The molecule has 3 N–H and O–H groups in total. The van der Waals surface area contributed by atoms with Crippen LogP contribution in [0, 0.1) is 0 Å². The van der Waals surface area contributed by atoms with Gasteiger partial charge in [0.15, 0.2) is 0 Å². The number of nitrogens with zero attached hydrogens (tertiary/aromatic N) is 1. The van der Waals surface area contributed by atoms with E-state index < -0.39 is 0 Å². The van der Waals surface area contributed by atoms with E-state index in [0.717, 1.165) is 19.0 Å². The van der Waals surface area contributed by atoms with Crippen molar-refractivity contribution in [3.05, 3.63) is 22.2 Å². The number of hydrogen-bond acceptors (Lipinski definition) is 4. The lowest BCUT2D eigenvalue weighted by Gasteiger charge is -2.22. The number of H-pyrrole nitrogens is 1. The Morgan fingerprint density at radius 3 is 3.07 bits per heavy atom. The van der Waals surface area contributed by atoms with Crippen molar-refractivity contribution in [1.82, 2.24) is 15.3 Å². The molecule has 1 aliphatic rings. The minimum absolute atomic E-state index is 0.204. The van der Waals surface area contributed by atoms with E-state index >= 15 is 0 Å². The highest BCUT2D eigenvalue weighted by Gasteiger charge is 2.14. The normalized spacial score (nSPS) is 21.5. The first-order chi connectivity index (χ1) is 7.24. The van der Waals surface area contributed by atoms with E-state index in [9.17, 15) is 9.90 Å². The van der Waals surface area contributed by atoms with Gasteiger partial charge in [0.1, 0.15) is 5.82 Å². The van der Waals surface area contributed by atoms with E-state index in [2.05, 4.69) is 15.3 Å². The van der Waals surface area contributed by atoms with Crippen molar-refractivity contribution in [2.45, 2.75) is 31.7 Å². The lowest BCUT2D eigenvalue weighted by Crippen LogP contribution is -2.36. The molecule has 1 fully saturated rings. The van der Waals surface area contributed by atoms with Crippen LogP contribution in [0.3, 0.4) is 0 Å². The summed E-state index contributed by atoms with van der Waals surface area (Å²) in [5.74, 6) is 0.351. The van der Waals surface area contributed by atoms with Crippen molar-refractivity contribution in [2.24, 2.45) is 0 Å². The standard InChI is InChI=1S/C10H15N3O2/c14-9-6-10(15)13-8(12-9)5-7-3-1-2-4-11-7/h6-7,11H,1-5H2,(H2,12,13,14,15). The summed E-state index contributed by atoms with van der Waals surface area (Å²) in [6.45, 7) is 1.02. The Labute approximate surface area is 87.6 Å². The van der Waals surface area contributed by atoms with Gasteiger partial charge in [-0.2, -0.15) is 0 Å². The van der Waals surface area contributed by atoms with Gasteiger partial charge in [0.25, 0.3) is 5.56 Å². The molecule has 82 valence electrons. The fraction of sp³-hybridized carbons (Fsp3) is 0.600. The summed E-state index contributed by atoms with van der Waals surface area (Å²) in [7, 11) is 0. The van der Waals surface area contributed by atoms with Crippen molar-refractivity contribution in [2.75, 3.05) is 6.54 Å². The summed E-state index contributed by atoms with van der Waals surface area (Å²) in [6.07, 6.45) is 4.18. The minimum atomic E-state index is -0.298. The average molecular weight is 209 g/mol. The van der Waals surface area contributed by atoms with Gasteiger partial charge in [0.05, 0.1) is 6.07 Å². The quantitative estimate of drug-likeness (QED) is 0.648. The van der Waals surface area contributed by atoms with E-state index in [1.54, 1.807) is 0 Å². The topological polar surface area (TPSA) is 78.0 Å². The third-order valence-corrected chi connectivity index (χ3v) is 2.63. The fourth-order valence-electron chi connectivity index (χ4n) is 1.92. The van der Waals surface area contributed by atoms with Gasteiger partial charge >= 0.3 is 0 Å². The Morgan fingerprint density at radius 1 is 1.53 bits per heavy atom. The van der Waals surface area contributed by atoms with Crippen LogP contribution in [-0.4, -0.2) is 27.7 Å². The second-order valence-corrected chi connectivity index (χ2v) is 3.90. The largest absolute Gasteiger partial charge is 0.493 e. The molecule has 2 heterocycles. The van der Waals surface area contributed by atoms with Crippen molar-refractivity contribution < 1.29 is 5.11 Å². The van der Waals surface area contributed by atoms with E-state index in [-0.39, 0.29) is 11.4 Å². The molecule has 1 saturated heterocycles. The number of aromatic amines is 1. The molecule has 0 saturated carbocycles. The Kier molecular flexibility index (Phi) is 3.01. The molecule has 1 aromatic heterocycles. The van der Waals surface area contributed by atoms with Crippen LogP contribution in [0.2, 0.25) is 0 Å². The lowest BCUT2D eigenvalue weighted by molar-refractivity contribution is 0.389. The Morgan fingerprint density at radius 2 is 2.40 bits per heavy atom. The SMILES string of the molecule is O=c1cc(O)nc(CC2CCCCN2)[nH]1. The van der Waals surface area contributed by atoms with Crippen LogP contribution in [0.15, 0.2) is 10.9 Å². The highest BCUT2D eigenvalue weighted by Crippen LogP contribution is 2.10. The van der Waals surface area contributed by atoms with Gasteiger partial charge in [-0.1, -0.05) is 6.42 Å². The van der Waals surface area contributed by atoms with Crippen molar-refractivity contribution in [1.29, 1.82) is 0 Å². The van der Waals surface area contributed by atoms with Gasteiger partial charge in [-0.3, -0.25) is 4.79 Å². The molecule has 0 radical (unpaired) electrons. The first kappa shape index (κ1) is 10.2. The molecule has 0 amide bonds. The molecule has 2 rings (SSSR count). The van der Waals surface area contributed by atoms with Crippen molar-refractivity contribution in [3.8, 4) is 5.88 Å². The number of hydrogen-bond donors (Lipinski definition) is 3. The number of aromatic hydroxyl groups is 1. The Balaban J connectivity index is 2.06. The summed E-state index contributed by atoms with van der Waals surface area (Å²) in [4.78, 5) is 17.6. The number of nitrogens with one attached hydrogen (secondary N) is 2. The van der Waals surface area contributed by atoms with Crippen LogP contribution in [0.25, 0.3) is 0 Å². The van der Waals surface area contributed by atoms with Crippen LogP contribution in [0.5, 0.6) is 5.88 Å². The summed E-state index contributed by atoms with van der Waals surface area (Å²) in [6, 6.07) is 1.45. The maximum atomic E-state index is 11.1. The van der Waals surface area contributed by atoms with Crippen molar-refractivity contribution in [3.63, 3.8) is 0 Å². The van der Waals surface area contributed by atoms with E-state index in [1.165, 1.54) is 12.8 Å². The monoisotopic (exact) mass is 209 g/mol. The molecular formula is C10H15N3O2. The zero-order valence-corrected chi connectivity index (χ0v) is 8.49. The Bertz CT molecular complexity index is 382. The third-order valence-electron chi connectivity index (χ3n) is 2.63. The van der Waals surface area contributed by atoms with Gasteiger partial charge in [0, 0.05) is 12.5 Å². The molecule has 0 bridgehead atoms. The van der Waals surface area contributed by atoms with Crippen LogP contribution in [0.1, 0.15) is 25.1 Å². The van der Waals surface area contributed by atoms with Gasteiger partial charge in [-0.25, -0.2) is 4.98 Å².